The van der Waals surface area contributed by atoms with Gasteiger partial charge in [0.25, 0.3) is 0 Å². The molecule has 31 heavy (non-hydrogen) atoms. The number of nitrogens with one attached hydrogen (secondary N) is 1. The van der Waals surface area contributed by atoms with Crippen molar-refractivity contribution in [1.82, 2.24) is 14.8 Å². The van der Waals surface area contributed by atoms with Crippen molar-refractivity contribution in [1.29, 1.82) is 0 Å². The van der Waals surface area contributed by atoms with Crippen LogP contribution in [0.1, 0.15) is 18.1 Å². The van der Waals surface area contributed by atoms with Gasteiger partial charge in [-0.15, -0.1) is 10.2 Å². The van der Waals surface area contributed by atoms with Crippen molar-refractivity contribution in [2.45, 2.75) is 31.6 Å². The molecule has 3 aromatic rings. The summed E-state index contributed by atoms with van der Waals surface area (Å²) in [5.74, 6) is -0.431. The maximum atomic E-state index is 12.5. The van der Waals surface area contributed by atoms with E-state index in [0.717, 1.165) is 17.7 Å². The number of carbonyl (C=O) groups excluding carboxylic acids is 1. The number of anilines is 1. The molecule has 6 nitrogen and oxygen atoms in total. The van der Waals surface area contributed by atoms with Crippen molar-refractivity contribution in [2.24, 2.45) is 0 Å². The number of para-hydroxylation sites is 1. The average Bonchev–Trinajstić information content (AvgIpc) is 3.20. The molecule has 164 valence electrons. The number of hydrogen-bond acceptors (Lipinski definition) is 5. The van der Waals surface area contributed by atoms with E-state index in [1.165, 1.54) is 23.9 Å². The van der Waals surface area contributed by atoms with Crippen LogP contribution in [-0.4, -0.2) is 39.2 Å². The van der Waals surface area contributed by atoms with Gasteiger partial charge in [-0.05, 0) is 42.7 Å². The molecule has 1 N–H and O–H groups in total. The first kappa shape index (κ1) is 22.7. The molecule has 10 heteroatoms. The third kappa shape index (κ3) is 6.24. The fraction of sp³-hybridized carbons (Fsp3) is 0.286. The fourth-order valence-corrected chi connectivity index (χ4v) is 3.58. The molecule has 1 heterocycles. The van der Waals surface area contributed by atoms with Gasteiger partial charge in [-0.1, -0.05) is 43.0 Å². The summed E-state index contributed by atoms with van der Waals surface area (Å²) in [6, 6.07) is 12.5. The quantitative estimate of drug-likeness (QED) is 0.499. The standard InChI is InChI=1S/C21H21F3N4O2S/c1-3-15-6-4-5-7-17(15)28-13-25-27-20(28)31-11-19(29)26-16-9-8-14(2)10-18(16)30-12-21(22,23)24/h4-10,13H,3,11-12H2,1-2H3,(H,26,29). The van der Waals surface area contributed by atoms with Crippen LogP contribution in [0.3, 0.4) is 0 Å². The Hall–Kier alpha value is -3.01. The summed E-state index contributed by atoms with van der Waals surface area (Å²) in [6.45, 7) is 2.33. The van der Waals surface area contributed by atoms with E-state index in [-0.39, 0.29) is 17.2 Å². The average molecular weight is 450 g/mol. The van der Waals surface area contributed by atoms with Gasteiger partial charge in [0.1, 0.15) is 12.1 Å². The molecule has 0 aliphatic heterocycles. The van der Waals surface area contributed by atoms with Crippen LogP contribution in [-0.2, 0) is 11.2 Å². The molecule has 0 fully saturated rings. The number of amides is 1. The molecule has 0 atom stereocenters. The molecule has 1 aromatic heterocycles. The van der Waals surface area contributed by atoms with Gasteiger partial charge in [0, 0.05) is 0 Å². The molecule has 0 saturated heterocycles. The Balaban J connectivity index is 1.68. The first-order valence-corrected chi connectivity index (χ1v) is 10.5. The van der Waals surface area contributed by atoms with Gasteiger partial charge in [0.2, 0.25) is 5.91 Å². The number of aromatic nitrogens is 3. The lowest BCUT2D eigenvalue weighted by molar-refractivity contribution is -0.153. The molecule has 0 aliphatic carbocycles. The molecule has 0 spiro atoms. The topological polar surface area (TPSA) is 69.0 Å². The summed E-state index contributed by atoms with van der Waals surface area (Å²) in [5.41, 5.74) is 2.93. The lowest BCUT2D eigenvalue weighted by atomic mass is 10.1. The second kappa shape index (κ2) is 9.86. The summed E-state index contributed by atoms with van der Waals surface area (Å²) in [7, 11) is 0. The van der Waals surface area contributed by atoms with Gasteiger partial charge in [-0.3, -0.25) is 9.36 Å². The lowest BCUT2D eigenvalue weighted by Crippen LogP contribution is -2.21. The molecule has 3 rings (SSSR count). The van der Waals surface area contributed by atoms with E-state index in [4.69, 9.17) is 4.74 Å². The summed E-state index contributed by atoms with van der Waals surface area (Å²) in [6.07, 6.45) is -2.06. The van der Waals surface area contributed by atoms with Crippen molar-refractivity contribution in [3.63, 3.8) is 0 Å². The van der Waals surface area contributed by atoms with Crippen molar-refractivity contribution < 1.29 is 22.7 Å². The summed E-state index contributed by atoms with van der Waals surface area (Å²) in [4.78, 5) is 12.4. The van der Waals surface area contributed by atoms with Crippen LogP contribution in [0.5, 0.6) is 5.75 Å². The predicted molar refractivity (Wildman–Crippen MR) is 113 cm³/mol. The van der Waals surface area contributed by atoms with Gasteiger partial charge in [-0.2, -0.15) is 13.2 Å². The molecule has 1 amide bonds. The van der Waals surface area contributed by atoms with Crippen molar-refractivity contribution in [2.75, 3.05) is 17.7 Å². The molecular formula is C21H21F3N4O2S. The number of carbonyl (C=O) groups is 1. The molecule has 0 radical (unpaired) electrons. The number of aryl methyl sites for hydroxylation is 2. The minimum absolute atomic E-state index is 0.000424. The lowest BCUT2D eigenvalue weighted by Gasteiger charge is -2.15. The third-order valence-corrected chi connectivity index (χ3v) is 5.23. The third-order valence-electron chi connectivity index (χ3n) is 4.28. The Bertz CT molecular complexity index is 1050. The van der Waals surface area contributed by atoms with Crippen LogP contribution < -0.4 is 10.1 Å². The molecule has 0 unspecified atom stereocenters. The highest BCUT2D eigenvalue weighted by molar-refractivity contribution is 7.99. The zero-order valence-corrected chi connectivity index (χ0v) is 17.8. The summed E-state index contributed by atoms with van der Waals surface area (Å²) >= 11 is 1.18. The monoisotopic (exact) mass is 450 g/mol. The second-order valence-corrected chi connectivity index (χ2v) is 7.65. The van der Waals surface area contributed by atoms with Gasteiger partial charge in [0.05, 0.1) is 17.1 Å². The highest BCUT2D eigenvalue weighted by atomic mass is 32.2. The van der Waals surface area contributed by atoms with Gasteiger partial charge < -0.3 is 10.1 Å². The first-order chi connectivity index (χ1) is 14.8. The molecule has 2 aromatic carbocycles. The van der Waals surface area contributed by atoms with Crippen molar-refractivity contribution in [3.8, 4) is 11.4 Å². The highest BCUT2D eigenvalue weighted by Crippen LogP contribution is 2.29. The van der Waals surface area contributed by atoms with Crippen LogP contribution in [0.15, 0.2) is 53.9 Å². The van der Waals surface area contributed by atoms with Crippen LogP contribution in [0.4, 0.5) is 18.9 Å². The molecule has 0 aliphatic rings. The van der Waals surface area contributed by atoms with Crippen LogP contribution in [0.25, 0.3) is 5.69 Å². The number of hydrogen-bond donors (Lipinski definition) is 1. The Morgan fingerprint density at radius 3 is 2.74 bits per heavy atom. The van der Waals surface area contributed by atoms with E-state index >= 15 is 0 Å². The highest BCUT2D eigenvalue weighted by Gasteiger charge is 2.29. The summed E-state index contributed by atoms with van der Waals surface area (Å²) < 4.78 is 44.2. The largest absolute Gasteiger partial charge is 0.482 e. The van der Waals surface area contributed by atoms with Gasteiger partial charge >= 0.3 is 6.18 Å². The van der Waals surface area contributed by atoms with E-state index in [1.54, 1.807) is 23.9 Å². The number of alkyl halides is 3. The fourth-order valence-electron chi connectivity index (χ4n) is 2.86. The number of halogens is 3. The van der Waals surface area contributed by atoms with E-state index in [2.05, 4.69) is 15.5 Å². The minimum atomic E-state index is -4.47. The second-order valence-electron chi connectivity index (χ2n) is 6.71. The van der Waals surface area contributed by atoms with Crippen molar-refractivity contribution >= 4 is 23.4 Å². The number of benzene rings is 2. The Kier molecular flexibility index (Phi) is 7.21. The van der Waals surface area contributed by atoms with Gasteiger partial charge in [-0.25, -0.2) is 0 Å². The minimum Gasteiger partial charge on any atom is -0.482 e. The smallest absolute Gasteiger partial charge is 0.422 e. The van der Waals surface area contributed by atoms with Crippen LogP contribution in [0.2, 0.25) is 0 Å². The Morgan fingerprint density at radius 2 is 2.00 bits per heavy atom. The van der Waals surface area contributed by atoms with E-state index in [9.17, 15) is 18.0 Å². The zero-order chi connectivity index (χ0) is 22.4. The molecule has 0 bridgehead atoms. The van der Waals surface area contributed by atoms with Crippen LogP contribution in [0, 0.1) is 6.92 Å². The molecular weight excluding hydrogens is 429 g/mol. The molecule has 0 saturated carbocycles. The number of nitrogens with zero attached hydrogens (tertiary/aromatic N) is 3. The maximum Gasteiger partial charge on any atom is 0.422 e. The Labute approximate surface area is 181 Å². The maximum absolute atomic E-state index is 12.5. The SMILES string of the molecule is CCc1ccccc1-n1cnnc1SCC(=O)Nc1ccc(C)cc1OCC(F)(F)F. The number of thioether (sulfide) groups is 1. The van der Waals surface area contributed by atoms with Crippen LogP contribution >= 0.6 is 11.8 Å². The predicted octanol–water partition coefficient (Wildman–Crippen LogP) is 4.81. The van der Waals surface area contributed by atoms with E-state index < -0.39 is 18.7 Å². The zero-order valence-electron chi connectivity index (χ0n) is 16.9. The number of rotatable bonds is 8. The van der Waals surface area contributed by atoms with Gasteiger partial charge in [0.15, 0.2) is 11.8 Å². The van der Waals surface area contributed by atoms with E-state index in [1.807, 2.05) is 31.2 Å². The first-order valence-electron chi connectivity index (χ1n) is 9.48. The normalized spacial score (nSPS) is 11.4. The Morgan fingerprint density at radius 1 is 1.23 bits per heavy atom. The van der Waals surface area contributed by atoms with E-state index in [0.29, 0.717) is 10.7 Å². The van der Waals surface area contributed by atoms with Crippen molar-refractivity contribution in [3.05, 3.63) is 59.9 Å². The number of ether oxygens (including phenoxy) is 1. The summed E-state index contributed by atoms with van der Waals surface area (Å²) in [5, 5.41) is 11.2.